The molecule has 0 amide bonds. The number of rotatable bonds is 6. The smallest absolute Gasteiger partial charge is 0.433 e. The number of alkyl halides is 2. The quantitative estimate of drug-likeness (QED) is 0.531. The second-order valence-electron chi connectivity index (χ2n) is 2.88. The lowest BCUT2D eigenvalue weighted by Gasteiger charge is -2.10. The molecule has 0 rings (SSSR count). The highest BCUT2D eigenvalue weighted by Gasteiger charge is 2.10. The van der Waals surface area contributed by atoms with Gasteiger partial charge in [-0.2, -0.15) is 0 Å². The van der Waals surface area contributed by atoms with Gasteiger partial charge in [-0.1, -0.05) is 13.8 Å². The van der Waals surface area contributed by atoms with Gasteiger partial charge in [0.2, 0.25) is 0 Å². The van der Waals surface area contributed by atoms with E-state index in [2.05, 4.69) is 0 Å². The van der Waals surface area contributed by atoms with Crippen LogP contribution < -0.4 is 0 Å². The Bertz CT molecular complexity index is 148. The van der Waals surface area contributed by atoms with Crippen molar-refractivity contribution in [1.82, 2.24) is 0 Å². The Kier molecular flexibility index (Phi) is 8.09. The Morgan fingerprint density at radius 3 is 1.71 bits per heavy atom. The van der Waals surface area contributed by atoms with Crippen molar-refractivity contribution < 1.29 is 14.3 Å². The zero-order chi connectivity index (χ0) is 11.0. The molecule has 0 aromatic heterocycles. The highest BCUT2D eigenvalue weighted by Crippen LogP contribution is 2.04. The summed E-state index contributed by atoms with van der Waals surface area (Å²) in [6, 6.07) is 0. The van der Waals surface area contributed by atoms with E-state index < -0.39 is 6.16 Å². The molecule has 2 atom stereocenters. The lowest BCUT2D eigenvalue weighted by atomic mass is 10.3. The summed E-state index contributed by atoms with van der Waals surface area (Å²) in [5.74, 6) is 0. The molecule has 0 bridgehead atoms. The molecule has 0 saturated heterocycles. The monoisotopic (exact) mass is 242 g/mol. The van der Waals surface area contributed by atoms with Crippen LogP contribution in [0.4, 0.5) is 4.79 Å². The van der Waals surface area contributed by atoms with E-state index in [0.717, 1.165) is 12.8 Å². The Hall–Kier alpha value is -0.150. The number of ether oxygens (including phenoxy) is 2. The summed E-state index contributed by atoms with van der Waals surface area (Å²) >= 11 is 11.5. The van der Waals surface area contributed by atoms with E-state index in [-0.39, 0.29) is 24.0 Å². The van der Waals surface area contributed by atoms with Gasteiger partial charge in [-0.05, 0) is 12.8 Å². The minimum absolute atomic E-state index is 0.152. The summed E-state index contributed by atoms with van der Waals surface area (Å²) in [6.07, 6.45) is 0.798. The number of carbonyl (C=O) groups is 1. The molecule has 0 unspecified atom stereocenters. The fourth-order valence-corrected chi connectivity index (χ4v) is 0.720. The molecular weight excluding hydrogens is 227 g/mol. The van der Waals surface area contributed by atoms with Crippen molar-refractivity contribution in [2.45, 2.75) is 37.4 Å². The minimum Gasteiger partial charge on any atom is -0.433 e. The summed E-state index contributed by atoms with van der Waals surface area (Å²) in [5, 5.41) is -0.305. The number of carbonyl (C=O) groups excluding carboxylic acids is 1. The average molecular weight is 243 g/mol. The predicted octanol–water partition coefficient (Wildman–Crippen LogP) is 3.17. The molecule has 0 aliphatic heterocycles. The maximum atomic E-state index is 10.9. The number of halogens is 2. The molecule has 0 N–H and O–H groups in total. The van der Waals surface area contributed by atoms with Gasteiger partial charge in [0.05, 0.1) is 10.8 Å². The normalized spacial score (nSPS) is 14.6. The summed E-state index contributed by atoms with van der Waals surface area (Å²) in [7, 11) is 0. The van der Waals surface area contributed by atoms with Gasteiger partial charge in [0.25, 0.3) is 0 Å². The van der Waals surface area contributed by atoms with E-state index in [0.29, 0.717) is 0 Å². The number of hydrogen-bond donors (Lipinski definition) is 0. The van der Waals surface area contributed by atoms with Gasteiger partial charge in [-0.25, -0.2) is 4.79 Å². The maximum Gasteiger partial charge on any atom is 0.508 e. The van der Waals surface area contributed by atoms with Crippen molar-refractivity contribution in [1.29, 1.82) is 0 Å². The van der Waals surface area contributed by atoms with Crippen LogP contribution in [0.5, 0.6) is 0 Å². The zero-order valence-electron chi connectivity index (χ0n) is 8.46. The first-order chi connectivity index (χ1) is 6.60. The van der Waals surface area contributed by atoms with Gasteiger partial charge in [-0.15, -0.1) is 23.2 Å². The molecule has 0 heterocycles. The molecule has 0 fully saturated rings. The molecule has 0 spiro atoms. The summed E-state index contributed by atoms with van der Waals surface area (Å²) in [6.45, 7) is 4.18. The standard InChI is InChI=1S/C9H16Cl2O3/c1-3-7(10)5-13-9(12)14-6-8(11)4-2/h7-8H,3-6H2,1-2H3/t7-,8-/m1/s1. The zero-order valence-corrected chi connectivity index (χ0v) is 9.98. The van der Waals surface area contributed by atoms with Gasteiger partial charge in [0.15, 0.2) is 0 Å². The van der Waals surface area contributed by atoms with Crippen LogP contribution in [0.2, 0.25) is 0 Å². The first-order valence-electron chi connectivity index (χ1n) is 4.67. The van der Waals surface area contributed by atoms with E-state index in [1.165, 1.54) is 0 Å². The summed E-state index contributed by atoms with van der Waals surface area (Å²) < 4.78 is 9.48. The first-order valence-corrected chi connectivity index (χ1v) is 5.55. The second-order valence-corrected chi connectivity index (χ2v) is 4.12. The Morgan fingerprint density at radius 2 is 1.43 bits per heavy atom. The molecule has 0 aliphatic carbocycles. The second kappa shape index (κ2) is 8.18. The van der Waals surface area contributed by atoms with Crippen LogP contribution in [-0.4, -0.2) is 30.1 Å². The van der Waals surface area contributed by atoms with Crippen LogP contribution >= 0.6 is 23.2 Å². The molecule has 5 heteroatoms. The molecule has 84 valence electrons. The van der Waals surface area contributed by atoms with E-state index in [1.54, 1.807) is 0 Å². The highest BCUT2D eigenvalue weighted by atomic mass is 35.5. The molecular formula is C9H16Cl2O3. The van der Waals surface area contributed by atoms with Crippen LogP contribution in [-0.2, 0) is 9.47 Å². The average Bonchev–Trinajstić information content (AvgIpc) is 2.22. The lowest BCUT2D eigenvalue weighted by Crippen LogP contribution is -2.18. The minimum atomic E-state index is -0.705. The Balaban J connectivity index is 3.46. The first kappa shape index (κ1) is 13.8. The van der Waals surface area contributed by atoms with E-state index >= 15 is 0 Å². The third kappa shape index (κ3) is 7.27. The molecule has 14 heavy (non-hydrogen) atoms. The third-order valence-corrected chi connectivity index (χ3v) is 2.52. The SMILES string of the molecule is CC[C@@H](Cl)COC(=O)OC[C@H](Cl)CC. The lowest BCUT2D eigenvalue weighted by molar-refractivity contribution is 0.0548. The van der Waals surface area contributed by atoms with Crippen LogP contribution in [0.3, 0.4) is 0 Å². The molecule has 0 aromatic carbocycles. The Labute approximate surface area is 94.7 Å². The van der Waals surface area contributed by atoms with Gasteiger partial charge in [-0.3, -0.25) is 0 Å². The predicted molar refractivity (Wildman–Crippen MR) is 57.2 cm³/mol. The number of hydrogen-bond acceptors (Lipinski definition) is 3. The van der Waals surface area contributed by atoms with Crippen LogP contribution in [0.1, 0.15) is 26.7 Å². The van der Waals surface area contributed by atoms with Crippen molar-refractivity contribution in [2.75, 3.05) is 13.2 Å². The Morgan fingerprint density at radius 1 is 1.07 bits per heavy atom. The van der Waals surface area contributed by atoms with Crippen LogP contribution in [0, 0.1) is 0 Å². The topological polar surface area (TPSA) is 35.5 Å². The van der Waals surface area contributed by atoms with E-state index in [4.69, 9.17) is 32.7 Å². The van der Waals surface area contributed by atoms with Crippen molar-refractivity contribution in [3.05, 3.63) is 0 Å². The third-order valence-electron chi connectivity index (χ3n) is 1.65. The van der Waals surface area contributed by atoms with Crippen molar-refractivity contribution >= 4 is 29.4 Å². The van der Waals surface area contributed by atoms with E-state index in [9.17, 15) is 4.79 Å². The van der Waals surface area contributed by atoms with Gasteiger partial charge in [0.1, 0.15) is 13.2 Å². The molecule has 3 nitrogen and oxygen atoms in total. The summed E-state index contributed by atoms with van der Waals surface area (Å²) in [4.78, 5) is 10.9. The van der Waals surface area contributed by atoms with E-state index in [1.807, 2.05) is 13.8 Å². The van der Waals surface area contributed by atoms with Crippen LogP contribution in [0.15, 0.2) is 0 Å². The maximum absolute atomic E-state index is 10.9. The van der Waals surface area contributed by atoms with Gasteiger partial charge < -0.3 is 9.47 Å². The molecule has 0 aromatic rings. The highest BCUT2D eigenvalue weighted by molar-refractivity contribution is 6.21. The van der Waals surface area contributed by atoms with Crippen molar-refractivity contribution in [3.8, 4) is 0 Å². The fraction of sp³-hybridized carbons (Fsp3) is 0.889. The molecule has 0 radical (unpaired) electrons. The summed E-state index contributed by atoms with van der Waals surface area (Å²) in [5.41, 5.74) is 0. The van der Waals surface area contributed by atoms with Gasteiger partial charge >= 0.3 is 6.16 Å². The molecule has 0 saturated carbocycles. The van der Waals surface area contributed by atoms with Crippen molar-refractivity contribution in [3.63, 3.8) is 0 Å². The van der Waals surface area contributed by atoms with Crippen molar-refractivity contribution in [2.24, 2.45) is 0 Å². The van der Waals surface area contributed by atoms with Crippen LogP contribution in [0.25, 0.3) is 0 Å². The molecule has 0 aliphatic rings. The fourth-order valence-electron chi connectivity index (χ4n) is 0.594. The largest absolute Gasteiger partial charge is 0.508 e. The van der Waals surface area contributed by atoms with Gasteiger partial charge in [0, 0.05) is 0 Å².